The molecule has 0 amide bonds. The number of hydrogen-bond donors (Lipinski definition) is 2. The predicted molar refractivity (Wildman–Crippen MR) is 91.2 cm³/mol. The second-order valence-electron chi connectivity index (χ2n) is 5.40. The van der Waals surface area contributed by atoms with Crippen molar-refractivity contribution in [2.45, 2.75) is 19.8 Å². The first-order valence-corrected chi connectivity index (χ1v) is 7.77. The molecule has 0 bridgehead atoms. The maximum absolute atomic E-state index is 12.9. The highest BCUT2D eigenvalue weighted by molar-refractivity contribution is 6.12. The molecule has 24 heavy (non-hydrogen) atoms. The minimum absolute atomic E-state index is 0.00705. The molecular weight excluding hydrogens is 308 g/mol. The van der Waals surface area contributed by atoms with Crippen LogP contribution in [0, 0.1) is 0 Å². The summed E-state index contributed by atoms with van der Waals surface area (Å²) in [5, 5.41) is 20.4. The molecule has 0 saturated heterocycles. The normalized spacial score (nSPS) is 10.6. The summed E-state index contributed by atoms with van der Waals surface area (Å²) in [6.45, 7) is 2.28. The lowest BCUT2D eigenvalue weighted by molar-refractivity contribution is 0.103. The van der Waals surface area contributed by atoms with Crippen molar-refractivity contribution in [2.75, 3.05) is 20.8 Å². The Kier molecular flexibility index (Phi) is 5.82. The van der Waals surface area contributed by atoms with Crippen molar-refractivity contribution in [2.24, 2.45) is 0 Å². The van der Waals surface area contributed by atoms with Gasteiger partial charge in [-0.25, -0.2) is 0 Å². The van der Waals surface area contributed by atoms with Crippen LogP contribution in [0.15, 0.2) is 30.3 Å². The van der Waals surface area contributed by atoms with Gasteiger partial charge in [-0.3, -0.25) is 4.79 Å². The van der Waals surface area contributed by atoms with Gasteiger partial charge in [0, 0.05) is 18.7 Å². The minimum Gasteiger partial charge on any atom is -0.508 e. The van der Waals surface area contributed by atoms with E-state index in [4.69, 9.17) is 9.47 Å². The van der Waals surface area contributed by atoms with Gasteiger partial charge in [0.1, 0.15) is 17.2 Å². The van der Waals surface area contributed by atoms with E-state index >= 15 is 0 Å². The van der Waals surface area contributed by atoms with Crippen molar-refractivity contribution in [1.29, 1.82) is 0 Å². The van der Waals surface area contributed by atoms with Crippen molar-refractivity contribution in [3.8, 4) is 17.2 Å². The van der Waals surface area contributed by atoms with E-state index in [1.54, 1.807) is 38.5 Å². The van der Waals surface area contributed by atoms with Crippen molar-refractivity contribution < 1.29 is 24.5 Å². The molecule has 0 saturated carbocycles. The van der Waals surface area contributed by atoms with Crippen LogP contribution in [0.2, 0.25) is 0 Å². The van der Waals surface area contributed by atoms with Crippen LogP contribution in [0.1, 0.15) is 34.0 Å². The third kappa shape index (κ3) is 3.51. The lowest BCUT2D eigenvalue weighted by Crippen LogP contribution is -2.11. The first-order chi connectivity index (χ1) is 11.5. The van der Waals surface area contributed by atoms with Gasteiger partial charge < -0.3 is 19.7 Å². The second-order valence-corrected chi connectivity index (χ2v) is 5.40. The molecule has 0 aliphatic rings. The number of phenolic OH excluding ortho intramolecular Hbond substituents is 2. The van der Waals surface area contributed by atoms with E-state index < -0.39 is 0 Å². The van der Waals surface area contributed by atoms with E-state index in [1.807, 2.05) is 6.92 Å². The van der Waals surface area contributed by atoms with Gasteiger partial charge >= 0.3 is 0 Å². The largest absolute Gasteiger partial charge is 0.508 e. The quantitative estimate of drug-likeness (QED) is 0.763. The van der Waals surface area contributed by atoms with Crippen molar-refractivity contribution in [1.82, 2.24) is 0 Å². The molecule has 0 heterocycles. The van der Waals surface area contributed by atoms with Crippen molar-refractivity contribution in [3.05, 3.63) is 52.6 Å². The molecule has 0 spiro atoms. The molecule has 0 aliphatic carbocycles. The van der Waals surface area contributed by atoms with Crippen LogP contribution in [-0.4, -0.2) is 36.8 Å². The zero-order valence-corrected chi connectivity index (χ0v) is 14.1. The van der Waals surface area contributed by atoms with E-state index in [2.05, 4.69) is 0 Å². The van der Waals surface area contributed by atoms with E-state index in [0.717, 1.165) is 0 Å². The smallest absolute Gasteiger partial charge is 0.197 e. The van der Waals surface area contributed by atoms with Crippen LogP contribution in [-0.2, 0) is 17.6 Å². The molecule has 2 N–H and O–H groups in total. The third-order valence-electron chi connectivity index (χ3n) is 3.99. The highest BCUT2D eigenvalue weighted by atomic mass is 16.5. The zero-order chi connectivity index (χ0) is 17.7. The van der Waals surface area contributed by atoms with Gasteiger partial charge in [-0.2, -0.15) is 0 Å². The van der Waals surface area contributed by atoms with Gasteiger partial charge in [-0.1, -0.05) is 6.92 Å². The summed E-state index contributed by atoms with van der Waals surface area (Å²) in [4.78, 5) is 12.9. The number of methoxy groups -OCH3 is 2. The van der Waals surface area contributed by atoms with Gasteiger partial charge in [0.05, 0.1) is 19.3 Å². The number of benzene rings is 2. The number of carbonyl (C=O) groups is 1. The van der Waals surface area contributed by atoms with Gasteiger partial charge in [0.2, 0.25) is 0 Å². The molecule has 0 atom stereocenters. The zero-order valence-electron chi connectivity index (χ0n) is 14.1. The van der Waals surface area contributed by atoms with Crippen LogP contribution < -0.4 is 4.74 Å². The molecular formula is C19H22O5. The molecule has 128 valence electrons. The molecule has 5 heteroatoms. The first-order valence-electron chi connectivity index (χ1n) is 7.77. The Balaban J connectivity index is 2.55. The molecule has 0 aromatic heterocycles. The Morgan fingerprint density at radius 1 is 1.04 bits per heavy atom. The SMILES string of the molecule is CCc1c(O)cc(O)c(C(=O)c2ccc(OC)cc2)c1CCOC. The second kappa shape index (κ2) is 7.84. The standard InChI is InChI=1S/C19H22O5/c1-4-14-15(9-10-23-2)18(17(21)11-16(14)20)19(22)12-5-7-13(24-3)8-6-12/h5-8,11,20-21H,4,9-10H2,1-3H3. The Bertz CT molecular complexity index is 720. The number of rotatable bonds is 7. The highest BCUT2D eigenvalue weighted by Gasteiger charge is 2.23. The minimum atomic E-state index is -0.295. The fourth-order valence-corrected chi connectivity index (χ4v) is 2.76. The molecule has 2 rings (SSSR count). The number of ketones is 1. The fourth-order valence-electron chi connectivity index (χ4n) is 2.76. The number of ether oxygens (including phenoxy) is 2. The van der Waals surface area contributed by atoms with Crippen molar-refractivity contribution in [3.63, 3.8) is 0 Å². The van der Waals surface area contributed by atoms with E-state index in [0.29, 0.717) is 41.9 Å². The summed E-state index contributed by atoms with van der Waals surface area (Å²) >= 11 is 0. The highest BCUT2D eigenvalue weighted by Crippen LogP contribution is 2.35. The maximum atomic E-state index is 12.9. The number of phenols is 2. The van der Waals surface area contributed by atoms with Gasteiger partial charge in [-0.15, -0.1) is 0 Å². The summed E-state index contributed by atoms with van der Waals surface area (Å²) in [6, 6.07) is 7.92. The summed E-state index contributed by atoms with van der Waals surface area (Å²) in [6.07, 6.45) is 0.979. The summed E-state index contributed by atoms with van der Waals surface area (Å²) in [5.41, 5.74) is 1.93. The molecule has 5 nitrogen and oxygen atoms in total. The van der Waals surface area contributed by atoms with Crippen LogP contribution in [0.25, 0.3) is 0 Å². The Morgan fingerprint density at radius 2 is 1.71 bits per heavy atom. The first kappa shape index (κ1) is 17.8. The Labute approximate surface area is 141 Å². The molecule has 0 fully saturated rings. The molecule has 2 aromatic carbocycles. The topological polar surface area (TPSA) is 76.0 Å². The van der Waals surface area contributed by atoms with Gasteiger partial charge in [0.25, 0.3) is 0 Å². The van der Waals surface area contributed by atoms with Crippen LogP contribution in [0.4, 0.5) is 0 Å². The fraction of sp³-hybridized carbons (Fsp3) is 0.316. The summed E-state index contributed by atoms with van der Waals surface area (Å²) < 4.78 is 10.2. The van der Waals surface area contributed by atoms with Gasteiger partial charge in [-0.05, 0) is 48.2 Å². The predicted octanol–water partition coefficient (Wildman–Crippen LogP) is 3.09. The molecule has 0 unspecified atom stereocenters. The molecule has 2 aromatic rings. The van der Waals surface area contributed by atoms with Crippen LogP contribution in [0.3, 0.4) is 0 Å². The van der Waals surface area contributed by atoms with Crippen molar-refractivity contribution >= 4 is 5.78 Å². The Hall–Kier alpha value is -2.53. The third-order valence-corrected chi connectivity index (χ3v) is 3.99. The molecule has 0 radical (unpaired) electrons. The maximum Gasteiger partial charge on any atom is 0.197 e. The summed E-state index contributed by atoms with van der Waals surface area (Å²) in [5.74, 6) is 0.121. The Morgan fingerprint density at radius 3 is 2.25 bits per heavy atom. The number of aromatic hydroxyl groups is 2. The van der Waals surface area contributed by atoms with Crippen LogP contribution >= 0.6 is 0 Å². The van der Waals surface area contributed by atoms with Gasteiger partial charge in [0.15, 0.2) is 5.78 Å². The number of carbonyl (C=O) groups excluding carboxylic acids is 1. The monoisotopic (exact) mass is 330 g/mol. The lowest BCUT2D eigenvalue weighted by atomic mass is 9.90. The lowest BCUT2D eigenvalue weighted by Gasteiger charge is -2.16. The van der Waals surface area contributed by atoms with Crippen LogP contribution in [0.5, 0.6) is 17.2 Å². The molecule has 0 aliphatic heterocycles. The summed E-state index contributed by atoms with van der Waals surface area (Å²) in [7, 11) is 3.12. The van der Waals surface area contributed by atoms with E-state index in [9.17, 15) is 15.0 Å². The average Bonchev–Trinajstić information content (AvgIpc) is 2.59. The average molecular weight is 330 g/mol. The van der Waals surface area contributed by atoms with E-state index in [-0.39, 0.29) is 22.8 Å². The van der Waals surface area contributed by atoms with E-state index in [1.165, 1.54) is 6.07 Å². The number of hydrogen-bond acceptors (Lipinski definition) is 5.